The van der Waals surface area contributed by atoms with E-state index in [-0.39, 0.29) is 25.1 Å². The van der Waals surface area contributed by atoms with E-state index in [1.165, 1.54) is 12.1 Å². The quantitative estimate of drug-likeness (QED) is 0.820. The number of hydrogen-bond donors (Lipinski definition) is 1. The summed E-state index contributed by atoms with van der Waals surface area (Å²) < 4.78 is 18.1. The van der Waals surface area contributed by atoms with Gasteiger partial charge in [0, 0.05) is 6.42 Å². The maximum absolute atomic E-state index is 13.4. The van der Waals surface area contributed by atoms with Crippen molar-refractivity contribution in [3.05, 3.63) is 29.6 Å². The lowest BCUT2D eigenvalue weighted by Crippen LogP contribution is -2.15. The standard InChI is InChI=1S/C13H16FNO3/c1-3-18-13(17)7-6-12(16)15-11-5-4-9(2)8-10(11)14/h4-5,8H,3,6-7H2,1-2H3,(H,15,16). The highest BCUT2D eigenvalue weighted by Crippen LogP contribution is 2.15. The lowest BCUT2D eigenvalue weighted by Gasteiger charge is -2.06. The molecular formula is C13H16FNO3. The molecule has 5 heteroatoms. The highest BCUT2D eigenvalue weighted by atomic mass is 19.1. The van der Waals surface area contributed by atoms with Crippen LogP contribution in [0.3, 0.4) is 0 Å². The normalized spacial score (nSPS) is 9.94. The number of carbonyl (C=O) groups is 2. The Balaban J connectivity index is 2.47. The van der Waals surface area contributed by atoms with E-state index >= 15 is 0 Å². The van der Waals surface area contributed by atoms with Crippen molar-refractivity contribution in [1.82, 2.24) is 0 Å². The monoisotopic (exact) mass is 253 g/mol. The van der Waals surface area contributed by atoms with E-state index in [1.54, 1.807) is 19.9 Å². The van der Waals surface area contributed by atoms with Crippen molar-refractivity contribution < 1.29 is 18.7 Å². The second-order valence-corrected chi connectivity index (χ2v) is 3.84. The summed E-state index contributed by atoms with van der Waals surface area (Å²) in [5.41, 5.74) is 0.895. The highest BCUT2D eigenvalue weighted by molar-refractivity contribution is 5.92. The predicted molar refractivity (Wildman–Crippen MR) is 65.6 cm³/mol. The number of nitrogens with one attached hydrogen (secondary N) is 1. The molecule has 0 saturated carbocycles. The van der Waals surface area contributed by atoms with E-state index in [0.29, 0.717) is 0 Å². The molecule has 0 aliphatic rings. The summed E-state index contributed by atoms with van der Waals surface area (Å²) in [4.78, 5) is 22.5. The first-order valence-corrected chi connectivity index (χ1v) is 5.74. The van der Waals surface area contributed by atoms with Crippen molar-refractivity contribution >= 4 is 17.6 Å². The molecule has 0 unspecified atom stereocenters. The minimum absolute atomic E-state index is 0.00679. The van der Waals surface area contributed by atoms with Crippen LogP contribution in [0.4, 0.5) is 10.1 Å². The molecule has 0 aliphatic heterocycles. The van der Waals surface area contributed by atoms with Crippen LogP contribution in [-0.2, 0) is 14.3 Å². The number of hydrogen-bond acceptors (Lipinski definition) is 3. The number of ether oxygens (including phenoxy) is 1. The Bertz CT molecular complexity index is 446. The molecule has 0 fully saturated rings. The minimum Gasteiger partial charge on any atom is -0.466 e. The third-order valence-corrected chi connectivity index (χ3v) is 2.26. The fourth-order valence-corrected chi connectivity index (χ4v) is 1.38. The molecule has 0 heterocycles. The van der Waals surface area contributed by atoms with Gasteiger partial charge in [-0.2, -0.15) is 0 Å². The molecule has 0 aliphatic carbocycles. The molecule has 18 heavy (non-hydrogen) atoms. The van der Waals surface area contributed by atoms with Gasteiger partial charge in [-0.05, 0) is 31.5 Å². The van der Waals surface area contributed by atoms with Crippen molar-refractivity contribution in [2.24, 2.45) is 0 Å². The first kappa shape index (κ1) is 14.2. The first-order valence-electron chi connectivity index (χ1n) is 5.74. The molecule has 1 aromatic rings. The van der Waals surface area contributed by atoms with E-state index in [4.69, 9.17) is 0 Å². The molecule has 98 valence electrons. The number of amides is 1. The van der Waals surface area contributed by atoms with E-state index in [9.17, 15) is 14.0 Å². The molecule has 0 bridgehead atoms. The topological polar surface area (TPSA) is 55.4 Å². The fourth-order valence-electron chi connectivity index (χ4n) is 1.38. The highest BCUT2D eigenvalue weighted by Gasteiger charge is 2.10. The Kier molecular flexibility index (Phi) is 5.30. The maximum Gasteiger partial charge on any atom is 0.306 e. The van der Waals surface area contributed by atoms with E-state index < -0.39 is 17.7 Å². The van der Waals surface area contributed by atoms with Crippen LogP contribution >= 0.6 is 0 Å². The SMILES string of the molecule is CCOC(=O)CCC(=O)Nc1ccc(C)cc1F. The van der Waals surface area contributed by atoms with Crippen molar-refractivity contribution in [3.63, 3.8) is 0 Å². The predicted octanol–water partition coefficient (Wildman–Crippen LogP) is 2.42. The largest absolute Gasteiger partial charge is 0.466 e. The van der Waals surface area contributed by atoms with Crippen molar-refractivity contribution in [1.29, 1.82) is 0 Å². The number of rotatable bonds is 5. The van der Waals surface area contributed by atoms with Gasteiger partial charge >= 0.3 is 5.97 Å². The number of anilines is 1. The zero-order valence-corrected chi connectivity index (χ0v) is 10.5. The molecule has 1 aromatic carbocycles. The van der Waals surface area contributed by atoms with Gasteiger partial charge in [0.05, 0.1) is 18.7 Å². The number of esters is 1. The van der Waals surface area contributed by atoms with Crippen LogP contribution in [0.25, 0.3) is 0 Å². The van der Waals surface area contributed by atoms with Gasteiger partial charge < -0.3 is 10.1 Å². The Morgan fingerprint density at radius 2 is 2.06 bits per heavy atom. The van der Waals surface area contributed by atoms with Gasteiger partial charge in [0.15, 0.2) is 0 Å². The zero-order chi connectivity index (χ0) is 13.5. The molecule has 1 amide bonds. The van der Waals surface area contributed by atoms with Crippen LogP contribution in [0, 0.1) is 12.7 Å². The number of carbonyl (C=O) groups excluding carboxylic acids is 2. The van der Waals surface area contributed by atoms with Gasteiger partial charge in [0.1, 0.15) is 5.82 Å². The maximum atomic E-state index is 13.4. The van der Waals surface area contributed by atoms with Gasteiger partial charge in [-0.25, -0.2) is 4.39 Å². The molecule has 1 N–H and O–H groups in total. The molecule has 0 spiro atoms. The second kappa shape index (κ2) is 6.74. The average Bonchev–Trinajstić information content (AvgIpc) is 2.31. The average molecular weight is 253 g/mol. The number of benzene rings is 1. The molecule has 0 radical (unpaired) electrons. The molecule has 0 atom stereocenters. The summed E-state index contributed by atoms with van der Waals surface area (Å²) in [6.45, 7) is 3.74. The Morgan fingerprint density at radius 3 is 2.67 bits per heavy atom. The summed E-state index contributed by atoms with van der Waals surface area (Å²) in [6, 6.07) is 4.53. The van der Waals surface area contributed by atoms with Gasteiger partial charge in [-0.3, -0.25) is 9.59 Å². The number of halogens is 1. The van der Waals surface area contributed by atoms with Gasteiger partial charge in [-0.15, -0.1) is 0 Å². The van der Waals surface area contributed by atoms with Crippen LogP contribution < -0.4 is 5.32 Å². The second-order valence-electron chi connectivity index (χ2n) is 3.84. The molecule has 0 aromatic heterocycles. The van der Waals surface area contributed by atoms with Gasteiger partial charge in [0.2, 0.25) is 5.91 Å². The smallest absolute Gasteiger partial charge is 0.306 e. The van der Waals surface area contributed by atoms with Crippen LogP contribution in [0.2, 0.25) is 0 Å². The van der Waals surface area contributed by atoms with Crippen LogP contribution in [-0.4, -0.2) is 18.5 Å². The minimum atomic E-state index is -0.487. The summed E-state index contributed by atoms with van der Waals surface area (Å²) in [5, 5.41) is 2.41. The lowest BCUT2D eigenvalue weighted by atomic mass is 10.2. The van der Waals surface area contributed by atoms with E-state index in [2.05, 4.69) is 10.1 Å². The van der Waals surface area contributed by atoms with Crippen LogP contribution in [0.15, 0.2) is 18.2 Å². The summed E-state index contributed by atoms with van der Waals surface area (Å²) in [6.07, 6.45) is -0.0285. The fraction of sp³-hybridized carbons (Fsp3) is 0.385. The third kappa shape index (κ3) is 4.53. The molecular weight excluding hydrogens is 237 g/mol. The Morgan fingerprint density at radius 1 is 1.33 bits per heavy atom. The van der Waals surface area contributed by atoms with Crippen molar-refractivity contribution in [2.45, 2.75) is 26.7 Å². The molecule has 4 nitrogen and oxygen atoms in total. The third-order valence-electron chi connectivity index (χ3n) is 2.26. The number of aryl methyl sites for hydroxylation is 1. The van der Waals surface area contributed by atoms with Gasteiger partial charge in [0.25, 0.3) is 0 Å². The summed E-state index contributed by atoms with van der Waals surface area (Å²) >= 11 is 0. The van der Waals surface area contributed by atoms with Gasteiger partial charge in [-0.1, -0.05) is 6.07 Å². The van der Waals surface area contributed by atoms with Crippen molar-refractivity contribution in [3.8, 4) is 0 Å². The lowest BCUT2D eigenvalue weighted by molar-refractivity contribution is -0.144. The molecule has 0 saturated heterocycles. The Labute approximate surface area is 105 Å². The molecule has 1 rings (SSSR count). The van der Waals surface area contributed by atoms with Crippen molar-refractivity contribution in [2.75, 3.05) is 11.9 Å². The Hall–Kier alpha value is -1.91. The zero-order valence-electron chi connectivity index (χ0n) is 10.5. The van der Waals surface area contributed by atoms with E-state index in [1.807, 2.05) is 0 Å². The first-order chi connectivity index (χ1) is 8.52. The summed E-state index contributed by atoms with van der Waals surface area (Å²) in [5.74, 6) is -1.33. The van der Waals surface area contributed by atoms with E-state index in [0.717, 1.165) is 5.56 Å². The van der Waals surface area contributed by atoms with Crippen LogP contribution in [0.1, 0.15) is 25.3 Å². The summed E-state index contributed by atoms with van der Waals surface area (Å²) in [7, 11) is 0. The van der Waals surface area contributed by atoms with Crippen LogP contribution in [0.5, 0.6) is 0 Å².